The van der Waals surface area contributed by atoms with Crippen molar-refractivity contribution in [3.8, 4) is 22.6 Å². The number of pyridine rings is 1. The monoisotopic (exact) mass is 779 g/mol. The number of aromatic nitrogens is 1. The van der Waals surface area contributed by atoms with Crippen molar-refractivity contribution in [2.24, 2.45) is 0 Å². The van der Waals surface area contributed by atoms with Gasteiger partial charge in [0.2, 0.25) is 0 Å². The van der Waals surface area contributed by atoms with E-state index >= 15 is 0 Å². The molecule has 5 heteroatoms. The second-order valence-corrected chi connectivity index (χ2v) is 13.7. The molecule has 292 valence electrons. The van der Waals surface area contributed by atoms with Crippen LogP contribution in [-0.4, -0.2) is 10.1 Å². The molecule has 7 rings (SSSR count). The molecule has 5 aromatic carbocycles. The number of fused-ring (bicyclic) bond motifs is 3. The van der Waals surface area contributed by atoms with Crippen LogP contribution in [0.4, 0.5) is 22.9 Å². The Morgan fingerprint density at radius 1 is 0.633 bits per heavy atom. The quantitative estimate of drug-likeness (QED) is 0.105. The van der Waals surface area contributed by atoms with Gasteiger partial charge in [-0.25, -0.2) is 4.98 Å². The molecule has 0 fully saturated rings. The van der Waals surface area contributed by atoms with Gasteiger partial charge in [-0.3, -0.25) is 0 Å². The van der Waals surface area contributed by atoms with Crippen LogP contribution in [-0.2, 0) is 0 Å². The summed E-state index contributed by atoms with van der Waals surface area (Å²) in [6, 6.07) is 43.9. The van der Waals surface area contributed by atoms with Gasteiger partial charge in [-0.2, -0.15) is 0 Å². The Balaban J connectivity index is 1.17. The van der Waals surface area contributed by atoms with Gasteiger partial charge in [0.1, 0.15) is 23.1 Å². The first kappa shape index (κ1) is 40.1. The molecule has 0 amide bonds. The number of hydrogen-bond acceptors (Lipinski definition) is 5. The molecule has 0 bridgehead atoms. The van der Waals surface area contributed by atoms with Crippen LogP contribution < -0.4 is 14.5 Å². The van der Waals surface area contributed by atoms with E-state index in [0.29, 0.717) is 28.5 Å². The highest BCUT2D eigenvalue weighted by molar-refractivity contribution is 5.96. The summed E-state index contributed by atoms with van der Waals surface area (Å²) in [5, 5.41) is 11.6. The lowest BCUT2D eigenvalue weighted by atomic mass is 9.87. The maximum Gasteiger partial charge on any atom is 0.137 e. The highest BCUT2D eigenvalue weighted by Gasteiger charge is 2.26. The lowest BCUT2D eigenvalue weighted by molar-refractivity contribution is 0.474. The van der Waals surface area contributed by atoms with Crippen molar-refractivity contribution in [2.45, 2.75) is 0 Å². The summed E-state index contributed by atoms with van der Waals surface area (Å²) in [6.07, 6.45) is 26.9. The fraction of sp³-hybridized carbons (Fsp3) is 0. The number of nitrogens with zero attached hydrogens (tertiary/aromatic N) is 3. The van der Waals surface area contributed by atoms with Gasteiger partial charge in [-0.1, -0.05) is 154 Å². The van der Waals surface area contributed by atoms with Crippen molar-refractivity contribution in [1.29, 1.82) is 0 Å². The van der Waals surface area contributed by atoms with Gasteiger partial charge in [0, 0.05) is 58.8 Å². The number of anilines is 4. The molecule has 0 radical (unpaired) electrons. The van der Waals surface area contributed by atoms with Crippen molar-refractivity contribution < 1.29 is 9.84 Å². The van der Waals surface area contributed by atoms with Crippen LogP contribution >= 0.6 is 0 Å². The van der Waals surface area contributed by atoms with E-state index in [0.717, 1.165) is 50.5 Å². The Labute approximate surface area is 353 Å². The predicted molar refractivity (Wildman–Crippen MR) is 253 cm³/mol. The van der Waals surface area contributed by atoms with Gasteiger partial charge in [0.25, 0.3) is 0 Å². The highest BCUT2D eigenvalue weighted by atomic mass is 16.5. The standard InChI is InChI=1S/C55H45N3O2/c1-5-7-22-43(6-2)26-21-38-58(54-31-17-18-36-56-54)46-32-34-48(52(59)39-46)41(3)49-29-20-30-51-50-35-33-47(40-53(50)60-42(4)55(49)51)57(45-27-15-11-16-28-45)37-19-9-8-12-23-44-24-13-10-14-25-44/h5-40,59H,1-4H2. The summed E-state index contributed by atoms with van der Waals surface area (Å²) in [4.78, 5) is 8.60. The molecular weight excluding hydrogens is 735 g/mol. The molecule has 60 heavy (non-hydrogen) atoms. The number of ether oxygens (including phenoxy) is 1. The molecular formula is C55H45N3O2. The van der Waals surface area contributed by atoms with E-state index in [1.807, 2.05) is 151 Å². The van der Waals surface area contributed by atoms with E-state index < -0.39 is 0 Å². The molecule has 0 aliphatic carbocycles. The maximum atomic E-state index is 11.6. The van der Waals surface area contributed by atoms with E-state index in [2.05, 4.69) is 84.7 Å². The summed E-state index contributed by atoms with van der Waals surface area (Å²) in [7, 11) is 0. The lowest BCUT2D eigenvalue weighted by Crippen LogP contribution is -2.11. The Hall–Kier alpha value is -8.15. The zero-order valence-electron chi connectivity index (χ0n) is 33.3. The third-order valence-electron chi connectivity index (χ3n) is 9.79. The molecule has 5 nitrogen and oxygen atoms in total. The largest absolute Gasteiger partial charge is 0.507 e. The number of para-hydroxylation sites is 1. The molecule has 1 aliphatic rings. The number of benzene rings is 5. The van der Waals surface area contributed by atoms with Gasteiger partial charge in [-0.05, 0) is 88.5 Å². The summed E-state index contributed by atoms with van der Waals surface area (Å²) in [5.74, 6) is 1.96. The highest BCUT2D eigenvalue weighted by Crippen LogP contribution is 2.47. The molecule has 1 aliphatic heterocycles. The van der Waals surface area contributed by atoms with Gasteiger partial charge in [0.05, 0.1) is 5.69 Å². The van der Waals surface area contributed by atoms with Crippen LogP contribution in [0.1, 0.15) is 22.3 Å². The normalized spacial score (nSPS) is 12.5. The van der Waals surface area contributed by atoms with E-state index in [1.165, 1.54) is 0 Å². The van der Waals surface area contributed by atoms with Gasteiger partial charge < -0.3 is 19.6 Å². The smallest absolute Gasteiger partial charge is 0.137 e. The third-order valence-corrected chi connectivity index (χ3v) is 9.79. The number of phenols is 1. The Morgan fingerprint density at radius 2 is 1.37 bits per heavy atom. The first-order valence-electron chi connectivity index (χ1n) is 19.5. The van der Waals surface area contributed by atoms with Crippen molar-refractivity contribution >= 4 is 40.3 Å². The van der Waals surface area contributed by atoms with E-state index in [9.17, 15) is 5.11 Å². The molecule has 1 N–H and O–H groups in total. The molecule has 0 spiro atoms. The molecule has 6 aromatic rings. The second-order valence-electron chi connectivity index (χ2n) is 13.7. The summed E-state index contributed by atoms with van der Waals surface area (Å²) < 4.78 is 6.51. The maximum absolute atomic E-state index is 11.6. The van der Waals surface area contributed by atoms with Crippen LogP contribution in [0.15, 0.2) is 245 Å². The fourth-order valence-electron chi connectivity index (χ4n) is 6.86. The molecule has 2 heterocycles. The number of allylic oxidation sites excluding steroid dienone is 11. The number of aromatic hydroxyl groups is 1. The average Bonchev–Trinajstić information content (AvgIpc) is 3.29. The Kier molecular flexibility index (Phi) is 12.9. The molecule has 0 unspecified atom stereocenters. The summed E-state index contributed by atoms with van der Waals surface area (Å²) >= 11 is 0. The fourth-order valence-corrected chi connectivity index (χ4v) is 6.86. The molecule has 0 saturated carbocycles. The van der Waals surface area contributed by atoms with Crippen LogP contribution in [0.5, 0.6) is 11.5 Å². The average molecular weight is 780 g/mol. The zero-order chi connectivity index (χ0) is 41.7. The Morgan fingerprint density at radius 3 is 2.12 bits per heavy atom. The molecule has 0 atom stereocenters. The number of phenolic OH excluding ortho intramolecular Hbond substituents is 1. The van der Waals surface area contributed by atoms with Crippen LogP contribution in [0, 0.1) is 0 Å². The third kappa shape index (κ3) is 9.34. The number of rotatable bonds is 15. The van der Waals surface area contributed by atoms with Crippen molar-refractivity contribution in [2.75, 3.05) is 9.80 Å². The van der Waals surface area contributed by atoms with Crippen molar-refractivity contribution in [1.82, 2.24) is 4.98 Å². The molecule has 1 aromatic heterocycles. The molecule has 0 saturated heterocycles. The SMILES string of the molecule is C=CC=CC(C=C)=CC=CN(c1ccc(C(=C)c2cccc3c2C(=C)Oc2cc(N(C=CC=CC=Cc4ccccc4)c4ccccc4)ccc2-3)c(O)c1)c1ccccn1. The van der Waals surface area contributed by atoms with Gasteiger partial charge >= 0.3 is 0 Å². The minimum Gasteiger partial charge on any atom is -0.507 e. The van der Waals surface area contributed by atoms with Crippen molar-refractivity contribution in [3.63, 3.8) is 0 Å². The number of hydrogen-bond donors (Lipinski definition) is 1. The van der Waals surface area contributed by atoms with Gasteiger partial charge in [0.15, 0.2) is 0 Å². The van der Waals surface area contributed by atoms with Crippen LogP contribution in [0.25, 0.3) is 28.5 Å². The van der Waals surface area contributed by atoms with Gasteiger partial charge in [-0.15, -0.1) is 0 Å². The second kappa shape index (κ2) is 19.3. The summed E-state index contributed by atoms with van der Waals surface area (Å²) in [6.45, 7) is 16.5. The van der Waals surface area contributed by atoms with Crippen molar-refractivity contribution in [3.05, 3.63) is 267 Å². The van der Waals surface area contributed by atoms with E-state index in [4.69, 9.17) is 4.74 Å². The Bertz CT molecular complexity index is 2700. The minimum absolute atomic E-state index is 0.0733. The topological polar surface area (TPSA) is 48.8 Å². The predicted octanol–water partition coefficient (Wildman–Crippen LogP) is 14.3. The summed E-state index contributed by atoms with van der Waals surface area (Å²) in [5.41, 5.74) is 9.50. The first-order valence-corrected chi connectivity index (χ1v) is 19.5. The van der Waals surface area contributed by atoms with Crippen LogP contribution in [0.3, 0.4) is 0 Å². The van der Waals surface area contributed by atoms with Crippen LogP contribution in [0.2, 0.25) is 0 Å². The van der Waals surface area contributed by atoms with E-state index in [-0.39, 0.29) is 5.75 Å². The minimum atomic E-state index is 0.0733. The zero-order valence-corrected chi connectivity index (χ0v) is 33.3. The first-order chi connectivity index (χ1) is 29.4. The van der Waals surface area contributed by atoms with E-state index in [1.54, 1.807) is 24.4 Å². The lowest BCUT2D eigenvalue weighted by Gasteiger charge is -2.28.